The topological polar surface area (TPSA) is 66.4 Å². The van der Waals surface area contributed by atoms with Gasteiger partial charge in [-0.25, -0.2) is 13.1 Å². The average Bonchev–Trinajstić information content (AvgIpc) is 2.71. The number of thiophene rings is 1. The van der Waals surface area contributed by atoms with Crippen LogP contribution in [0.5, 0.6) is 0 Å². The van der Waals surface area contributed by atoms with Crippen molar-refractivity contribution in [2.45, 2.75) is 49.8 Å². The first-order valence-electron chi connectivity index (χ1n) is 6.62. The van der Waals surface area contributed by atoms with Crippen molar-refractivity contribution in [3.63, 3.8) is 0 Å². The Balaban J connectivity index is 2.02. The van der Waals surface area contributed by atoms with Crippen molar-refractivity contribution < 1.29 is 13.5 Å². The number of aliphatic hydroxyl groups is 1. The molecule has 0 spiro atoms. The zero-order chi connectivity index (χ0) is 14.0. The number of hydrogen-bond acceptors (Lipinski definition) is 4. The largest absolute Gasteiger partial charge is 0.396 e. The van der Waals surface area contributed by atoms with E-state index >= 15 is 0 Å². The third-order valence-corrected chi connectivity index (χ3v) is 6.98. The average molecular weight is 303 g/mol. The molecule has 1 aromatic rings. The monoisotopic (exact) mass is 303 g/mol. The summed E-state index contributed by atoms with van der Waals surface area (Å²) in [7, 11) is -3.38. The van der Waals surface area contributed by atoms with Crippen LogP contribution in [0.4, 0.5) is 0 Å². The van der Waals surface area contributed by atoms with Gasteiger partial charge in [-0.15, -0.1) is 11.3 Å². The van der Waals surface area contributed by atoms with Crippen molar-refractivity contribution in [2.75, 3.05) is 6.61 Å². The fraction of sp³-hybridized carbons (Fsp3) is 0.692. The molecule has 1 aliphatic rings. The third kappa shape index (κ3) is 3.56. The van der Waals surface area contributed by atoms with Crippen LogP contribution in [-0.2, 0) is 10.0 Å². The minimum Gasteiger partial charge on any atom is -0.396 e. The zero-order valence-electron chi connectivity index (χ0n) is 11.3. The van der Waals surface area contributed by atoms with E-state index in [0.717, 1.165) is 36.1 Å². The Morgan fingerprint density at radius 1 is 1.32 bits per heavy atom. The second-order valence-electron chi connectivity index (χ2n) is 5.33. The highest BCUT2D eigenvalue weighted by atomic mass is 32.2. The summed E-state index contributed by atoms with van der Waals surface area (Å²) in [5.41, 5.74) is 1.02. The summed E-state index contributed by atoms with van der Waals surface area (Å²) in [6.45, 7) is 4.07. The first-order chi connectivity index (χ1) is 8.92. The molecule has 0 bridgehead atoms. The lowest BCUT2D eigenvalue weighted by Gasteiger charge is -2.27. The summed E-state index contributed by atoms with van der Waals surface area (Å²) in [4.78, 5) is 1.05. The molecule has 1 saturated carbocycles. The van der Waals surface area contributed by atoms with Crippen molar-refractivity contribution in [2.24, 2.45) is 5.92 Å². The van der Waals surface area contributed by atoms with Gasteiger partial charge in [0.2, 0.25) is 10.0 Å². The summed E-state index contributed by atoms with van der Waals surface area (Å²) in [6.07, 6.45) is 3.42. The molecule has 19 heavy (non-hydrogen) atoms. The van der Waals surface area contributed by atoms with Gasteiger partial charge in [-0.3, -0.25) is 0 Å². The van der Waals surface area contributed by atoms with Gasteiger partial charge in [-0.05, 0) is 57.1 Å². The molecule has 2 N–H and O–H groups in total. The molecule has 0 aliphatic heterocycles. The lowest BCUT2D eigenvalue weighted by Crippen LogP contribution is -2.37. The van der Waals surface area contributed by atoms with Gasteiger partial charge >= 0.3 is 0 Å². The molecule has 4 nitrogen and oxygen atoms in total. The van der Waals surface area contributed by atoms with Crippen molar-refractivity contribution in [1.29, 1.82) is 0 Å². The van der Waals surface area contributed by atoms with Crippen LogP contribution in [0.25, 0.3) is 0 Å². The standard InChI is InChI=1S/C13H21NO3S2/c1-9-7-13(18-10(9)2)19(16,17)14-12-5-3-11(8-15)4-6-12/h7,11-12,14-15H,3-6,8H2,1-2H3. The smallest absolute Gasteiger partial charge is 0.250 e. The SMILES string of the molecule is Cc1cc(S(=O)(=O)NC2CCC(CO)CC2)sc1C. The maximum absolute atomic E-state index is 12.3. The van der Waals surface area contributed by atoms with E-state index in [0.29, 0.717) is 10.1 Å². The first-order valence-corrected chi connectivity index (χ1v) is 8.92. The molecule has 0 amide bonds. The van der Waals surface area contributed by atoms with Gasteiger partial charge in [0.15, 0.2) is 0 Å². The predicted molar refractivity (Wildman–Crippen MR) is 76.9 cm³/mol. The Bertz CT molecular complexity index is 509. The van der Waals surface area contributed by atoms with Crippen LogP contribution >= 0.6 is 11.3 Å². The minimum atomic E-state index is -3.38. The molecule has 2 rings (SSSR count). The third-order valence-electron chi connectivity index (χ3n) is 3.83. The van der Waals surface area contributed by atoms with Crippen molar-refractivity contribution in [3.05, 3.63) is 16.5 Å². The highest BCUT2D eigenvalue weighted by Gasteiger charge is 2.26. The molecule has 0 atom stereocenters. The first kappa shape index (κ1) is 15.0. The van der Waals surface area contributed by atoms with Crippen LogP contribution in [0.2, 0.25) is 0 Å². The molecular formula is C13H21NO3S2. The van der Waals surface area contributed by atoms with E-state index in [2.05, 4.69) is 4.72 Å². The summed E-state index contributed by atoms with van der Waals surface area (Å²) in [5.74, 6) is 0.340. The lowest BCUT2D eigenvalue weighted by atomic mass is 9.87. The Labute approximate surface area is 118 Å². The molecule has 1 fully saturated rings. The molecule has 108 valence electrons. The second kappa shape index (κ2) is 5.91. The van der Waals surface area contributed by atoms with Crippen molar-refractivity contribution in [1.82, 2.24) is 4.72 Å². The van der Waals surface area contributed by atoms with E-state index in [1.165, 1.54) is 11.3 Å². The molecule has 1 heterocycles. The summed E-state index contributed by atoms with van der Waals surface area (Å²) in [5, 5.41) is 9.08. The number of hydrogen-bond donors (Lipinski definition) is 2. The number of sulfonamides is 1. The van der Waals surface area contributed by atoms with Crippen LogP contribution in [0.1, 0.15) is 36.1 Å². The fourth-order valence-electron chi connectivity index (χ4n) is 2.41. The predicted octanol–water partition coefficient (Wildman–Crippen LogP) is 2.19. The lowest BCUT2D eigenvalue weighted by molar-refractivity contribution is 0.180. The number of rotatable bonds is 4. The van der Waals surface area contributed by atoms with Crippen molar-refractivity contribution >= 4 is 21.4 Å². The van der Waals surface area contributed by atoms with Crippen LogP contribution < -0.4 is 4.72 Å². The quantitative estimate of drug-likeness (QED) is 0.896. The van der Waals surface area contributed by atoms with Gasteiger partial charge < -0.3 is 5.11 Å². The van der Waals surface area contributed by atoms with Crippen molar-refractivity contribution in [3.8, 4) is 0 Å². The van der Waals surface area contributed by atoms with Gasteiger partial charge in [-0.2, -0.15) is 0 Å². The summed E-state index contributed by atoms with van der Waals surface area (Å²) < 4.78 is 27.7. The van der Waals surface area contributed by atoms with Crippen LogP contribution in [-0.4, -0.2) is 26.2 Å². The molecule has 6 heteroatoms. The molecule has 0 aromatic carbocycles. The zero-order valence-corrected chi connectivity index (χ0v) is 13.0. The van der Waals surface area contributed by atoms with Gasteiger partial charge in [0.1, 0.15) is 4.21 Å². The van der Waals surface area contributed by atoms with Gasteiger partial charge in [-0.1, -0.05) is 0 Å². The molecule has 1 aliphatic carbocycles. The highest BCUT2D eigenvalue weighted by molar-refractivity contribution is 7.91. The molecular weight excluding hydrogens is 282 g/mol. The highest BCUT2D eigenvalue weighted by Crippen LogP contribution is 2.28. The summed E-state index contributed by atoms with van der Waals surface area (Å²) >= 11 is 1.32. The summed E-state index contributed by atoms with van der Waals surface area (Å²) in [6, 6.07) is 1.75. The Morgan fingerprint density at radius 2 is 1.95 bits per heavy atom. The van der Waals surface area contributed by atoms with Gasteiger partial charge in [0, 0.05) is 17.5 Å². The normalized spacial score (nSPS) is 24.6. The van der Waals surface area contributed by atoms with Gasteiger partial charge in [0.25, 0.3) is 0 Å². The molecule has 0 radical (unpaired) electrons. The van der Waals surface area contributed by atoms with Crippen LogP contribution in [0, 0.1) is 19.8 Å². The van der Waals surface area contributed by atoms with E-state index < -0.39 is 10.0 Å². The van der Waals surface area contributed by atoms with E-state index in [1.54, 1.807) is 6.07 Å². The molecule has 1 aromatic heterocycles. The van der Waals surface area contributed by atoms with E-state index in [-0.39, 0.29) is 12.6 Å². The number of aryl methyl sites for hydroxylation is 2. The van der Waals surface area contributed by atoms with Crippen LogP contribution in [0.3, 0.4) is 0 Å². The van der Waals surface area contributed by atoms with Gasteiger partial charge in [0.05, 0.1) is 0 Å². The van der Waals surface area contributed by atoms with E-state index in [4.69, 9.17) is 5.11 Å². The Morgan fingerprint density at radius 3 is 2.42 bits per heavy atom. The van der Waals surface area contributed by atoms with Crippen LogP contribution in [0.15, 0.2) is 10.3 Å². The maximum Gasteiger partial charge on any atom is 0.250 e. The minimum absolute atomic E-state index is 0.00973. The Kier molecular flexibility index (Phi) is 4.66. The van der Waals surface area contributed by atoms with E-state index in [1.807, 2.05) is 13.8 Å². The molecule has 0 unspecified atom stereocenters. The van der Waals surface area contributed by atoms with E-state index in [9.17, 15) is 8.42 Å². The number of aliphatic hydroxyl groups excluding tert-OH is 1. The molecule has 0 saturated heterocycles. The maximum atomic E-state index is 12.3. The Hall–Kier alpha value is -0.430. The number of nitrogens with one attached hydrogen (secondary N) is 1. The fourth-order valence-corrected chi connectivity index (χ4v) is 5.25. The second-order valence-corrected chi connectivity index (χ2v) is 8.52.